The zero-order valence-electron chi connectivity index (χ0n) is 13.5. The van der Waals surface area contributed by atoms with Crippen LogP contribution in [0.1, 0.15) is 31.3 Å². The van der Waals surface area contributed by atoms with E-state index in [4.69, 9.17) is 9.15 Å². The number of hydrogen-bond acceptors (Lipinski definition) is 5. The third-order valence-corrected chi connectivity index (χ3v) is 2.95. The topological polar surface area (TPSA) is 110 Å². The van der Waals surface area contributed by atoms with Crippen molar-refractivity contribution in [1.82, 2.24) is 16.0 Å². The van der Waals surface area contributed by atoms with Crippen molar-refractivity contribution in [3.63, 3.8) is 0 Å². The second-order valence-electron chi connectivity index (χ2n) is 5.11. The highest BCUT2D eigenvalue weighted by Gasteiger charge is 2.24. The summed E-state index contributed by atoms with van der Waals surface area (Å²) >= 11 is 0. The van der Waals surface area contributed by atoms with Crippen molar-refractivity contribution in [3.8, 4) is 0 Å². The summed E-state index contributed by atoms with van der Waals surface area (Å²) in [5.41, 5.74) is 0. The molecule has 3 N–H and O–H groups in total. The van der Waals surface area contributed by atoms with Crippen LogP contribution in [-0.4, -0.2) is 43.6 Å². The Labute approximate surface area is 134 Å². The van der Waals surface area contributed by atoms with E-state index in [1.165, 1.54) is 6.26 Å². The molecule has 1 rings (SSSR count). The fraction of sp³-hybridized carbons (Fsp3) is 0.533. The first-order valence-electron chi connectivity index (χ1n) is 7.48. The molecular weight excluding hydrogens is 302 g/mol. The molecule has 0 radical (unpaired) electrons. The van der Waals surface area contributed by atoms with E-state index in [0.717, 1.165) is 0 Å². The second-order valence-corrected chi connectivity index (χ2v) is 5.11. The molecule has 128 valence electrons. The molecule has 23 heavy (non-hydrogen) atoms. The van der Waals surface area contributed by atoms with Gasteiger partial charge in [0.05, 0.1) is 12.9 Å². The smallest absolute Gasteiger partial charge is 0.407 e. The minimum Gasteiger partial charge on any atom is -0.459 e. The summed E-state index contributed by atoms with van der Waals surface area (Å²) in [5.74, 6) is -0.577. The Morgan fingerprint density at radius 3 is 2.48 bits per heavy atom. The molecule has 1 aromatic heterocycles. The number of nitrogens with one attached hydrogen (secondary N) is 3. The lowest BCUT2D eigenvalue weighted by Gasteiger charge is -2.21. The highest BCUT2D eigenvalue weighted by molar-refractivity contribution is 5.91. The molecule has 0 aliphatic carbocycles. The number of hydrogen-bond donors (Lipinski definition) is 3. The molecule has 0 saturated carbocycles. The quantitative estimate of drug-likeness (QED) is 0.615. The predicted molar refractivity (Wildman–Crippen MR) is 82.8 cm³/mol. The maximum absolute atomic E-state index is 12.1. The minimum atomic E-state index is -0.699. The number of carbonyl (C=O) groups is 3. The van der Waals surface area contributed by atoms with Crippen LogP contribution in [0.25, 0.3) is 0 Å². The lowest BCUT2D eigenvalue weighted by Crippen LogP contribution is -2.51. The summed E-state index contributed by atoms with van der Waals surface area (Å²) in [6.07, 6.45) is 0.776. The minimum absolute atomic E-state index is 0.0999. The van der Waals surface area contributed by atoms with Gasteiger partial charge in [-0.25, -0.2) is 4.79 Å². The van der Waals surface area contributed by atoms with Crippen LogP contribution >= 0.6 is 0 Å². The summed E-state index contributed by atoms with van der Waals surface area (Å²) in [4.78, 5) is 35.1. The first-order valence-corrected chi connectivity index (χ1v) is 7.48. The maximum atomic E-state index is 12.1. The number of amides is 3. The van der Waals surface area contributed by atoms with E-state index < -0.39 is 12.1 Å². The van der Waals surface area contributed by atoms with Gasteiger partial charge in [0.25, 0.3) is 5.91 Å². The van der Waals surface area contributed by atoms with Gasteiger partial charge in [-0.2, -0.15) is 0 Å². The molecule has 3 amide bonds. The van der Waals surface area contributed by atoms with Crippen LogP contribution in [0.2, 0.25) is 0 Å². The van der Waals surface area contributed by atoms with Gasteiger partial charge in [-0.05, 0) is 25.0 Å². The Hall–Kier alpha value is -2.51. The summed E-state index contributed by atoms with van der Waals surface area (Å²) in [6, 6.07) is 2.46. The van der Waals surface area contributed by atoms with E-state index in [2.05, 4.69) is 16.0 Å². The van der Waals surface area contributed by atoms with Crippen molar-refractivity contribution in [3.05, 3.63) is 24.2 Å². The Kier molecular flexibility index (Phi) is 7.65. The lowest BCUT2D eigenvalue weighted by atomic mass is 10.0. The van der Waals surface area contributed by atoms with E-state index in [1.807, 2.05) is 13.8 Å². The van der Waals surface area contributed by atoms with Gasteiger partial charge >= 0.3 is 6.09 Å². The molecule has 1 heterocycles. The first kappa shape index (κ1) is 18.5. The zero-order chi connectivity index (χ0) is 17.2. The molecule has 0 saturated heterocycles. The second kappa shape index (κ2) is 9.50. The Morgan fingerprint density at radius 2 is 1.91 bits per heavy atom. The molecule has 8 heteroatoms. The van der Waals surface area contributed by atoms with Crippen molar-refractivity contribution in [2.24, 2.45) is 5.92 Å². The van der Waals surface area contributed by atoms with Crippen LogP contribution in [0, 0.1) is 5.92 Å². The number of ether oxygens (including phenoxy) is 1. The van der Waals surface area contributed by atoms with Gasteiger partial charge in [-0.1, -0.05) is 13.8 Å². The molecule has 0 spiro atoms. The van der Waals surface area contributed by atoms with E-state index in [0.29, 0.717) is 0 Å². The molecule has 0 aliphatic heterocycles. The van der Waals surface area contributed by atoms with E-state index in [1.54, 1.807) is 19.1 Å². The molecule has 0 unspecified atom stereocenters. The molecule has 0 bridgehead atoms. The van der Waals surface area contributed by atoms with E-state index >= 15 is 0 Å². The molecule has 0 fully saturated rings. The highest BCUT2D eigenvalue weighted by atomic mass is 16.5. The maximum Gasteiger partial charge on any atom is 0.407 e. The SMILES string of the molecule is CCOC(=O)N[C@@H](C(=O)NCCNC(=O)c1ccco1)C(C)C. The molecule has 1 aromatic rings. The van der Waals surface area contributed by atoms with Crippen molar-refractivity contribution in [1.29, 1.82) is 0 Å². The van der Waals surface area contributed by atoms with Crippen molar-refractivity contribution >= 4 is 17.9 Å². The van der Waals surface area contributed by atoms with Crippen molar-refractivity contribution in [2.75, 3.05) is 19.7 Å². The number of furan rings is 1. The molecule has 0 aliphatic rings. The number of rotatable bonds is 8. The van der Waals surface area contributed by atoms with Gasteiger partial charge in [0.15, 0.2) is 5.76 Å². The van der Waals surface area contributed by atoms with Gasteiger partial charge in [-0.15, -0.1) is 0 Å². The monoisotopic (exact) mass is 325 g/mol. The van der Waals surface area contributed by atoms with Crippen LogP contribution in [0.3, 0.4) is 0 Å². The van der Waals surface area contributed by atoms with E-state index in [-0.39, 0.29) is 43.2 Å². The number of carbonyl (C=O) groups excluding carboxylic acids is 3. The summed E-state index contributed by atoms with van der Waals surface area (Å²) in [5, 5.41) is 7.78. The van der Waals surface area contributed by atoms with Crippen molar-refractivity contribution in [2.45, 2.75) is 26.8 Å². The Balaban J connectivity index is 2.35. The lowest BCUT2D eigenvalue weighted by molar-refractivity contribution is -0.124. The molecule has 8 nitrogen and oxygen atoms in total. The summed E-state index contributed by atoms with van der Waals surface area (Å²) < 4.78 is 9.72. The highest BCUT2D eigenvalue weighted by Crippen LogP contribution is 2.02. The predicted octanol–water partition coefficient (Wildman–Crippen LogP) is 0.896. The van der Waals surface area contributed by atoms with Gasteiger partial charge < -0.3 is 25.1 Å². The fourth-order valence-corrected chi connectivity index (χ4v) is 1.80. The first-order chi connectivity index (χ1) is 11.0. The van der Waals surface area contributed by atoms with Crippen LogP contribution in [0.5, 0.6) is 0 Å². The standard InChI is InChI=1S/C15H23N3O5/c1-4-22-15(21)18-12(10(2)3)14(20)17-8-7-16-13(19)11-6-5-9-23-11/h5-6,9-10,12H,4,7-8H2,1-3H3,(H,16,19)(H,17,20)(H,18,21)/t12-/m1/s1. The van der Waals surface area contributed by atoms with Gasteiger partial charge in [0.2, 0.25) is 5.91 Å². The molecular formula is C15H23N3O5. The average Bonchev–Trinajstić information content (AvgIpc) is 3.03. The Morgan fingerprint density at radius 1 is 1.22 bits per heavy atom. The molecule has 0 aromatic carbocycles. The average molecular weight is 325 g/mol. The van der Waals surface area contributed by atoms with E-state index in [9.17, 15) is 14.4 Å². The third-order valence-electron chi connectivity index (χ3n) is 2.95. The third kappa shape index (κ3) is 6.41. The van der Waals surface area contributed by atoms with Crippen LogP contribution in [0.4, 0.5) is 4.79 Å². The Bertz CT molecular complexity index is 513. The van der Waals surface area contributed by atoms with Gasteiger partial charge in [0.1, 0.15) is 6.04 Å². The number of alkyl carbamates (subject to hydrolysis) is 1. The normalized spacial score (nSPS) is 11.7. The van der Waals surface area contributed by atoms with Gasteiger partial charge in [-0.3, -0.25) is 9.59 Å². The van der Waals surface area contributed by atoms with Crippen LogP contribution in [0.15, 0.2) is 22.8 Å². The summed E-state index contributed by atoms with van der Waals surface area (Å²) in [6.45, 7) is 6.03. The van der Waals surface area contributed by atoms with Crippen LogP contribution < -0.4 is 16.0 Å². The largest absolute Gasteiger partial charge is 0.459 e. The van der Waals surface area contributed by atoms with Crippen molar-refractivity contribution < 1.29 is 23.5 Å². The summed E-state index contributed by atoms with van der Waals surface area (Å²) in [7, 11) is 0. The zero-order valence-corrected chi connectivity index (χ0v) is 13.5. The molecule has 1 atom stereocenters. The van der Waals surface area contributed by atoms with Gasteiger partial charge in [0, 0.05) is 13.1 Å². The fourth-order valence-electron chi connectivity index (χ4n) is 1.80. The van der Waals surface area contributed by atoms with Crippen LogP contribution in [-0.2, 0) is 9.53 Å².